The van der Waals surface area contributed by atoms with Crippen LogP contribution in [0, 0.1) is 10.1 Å². The smallest absolute Gasteiger partial charge is 0.313 e. The quantitative estimate of drug-likeness (QED) is 0.177. The fourth-order valence-electron chi connectivity index (χ4n) is 4.81. The fourth-order valence-corrected chi connectivity index (χ4v) is 5.00. The van der Waals surface area contributed by atoms with Gasteiger partial charge in [0.15, 0.2) is 0 Å². The highest BCUT2D eigenvalue weighted by molar-refractivity contribution is 6.33. The molecule has 3 heterocycles. The predicted molar refractivity (Wildman–Crippen MR) is 156 cm³/mol. The van der Waals surface area contributed by atoms with E-state index >= 15 is 0 Å². The number of nitrogens with one attached hydrogen (secondary N) is 1. The predicted octanol–water partition coefficient (Wildman–Crippen LogP) is 5.15. The molecule has 0 unspecified atom stereocenters. The third kappa shape index (κ3) is 5.99. The monoisotopic (exact) mass is 582 g/mol. The van der Waals surface area contributed by atoms with Crippen LogP contribution >= 0.6 is 11.6 Å². The van der Waals surface area contributed by atoms with Gasteiger partial charge in [0.1, 0.15) is 24.2 Å². The Morgan fingerprint density at radius 2 is 2.12 bits per heavy atom. The minimum atomic E-state index is -0.503. The molecule has 1 N–H and O–H groups in total. The topological polar surface area (TPSA) is 126 Å². The van der Waals surface area contributed by atoms with Gasteiger partial charge in [0, 0.05) is 42.4 Å². The zero-order chi connectivity index (χ0) is 29.1. The van der Waals surface area contributed by atoms with Crippen molar-refractivity contribution in [2.45, 2.75) is 19.6 Å². The molecule has 1 atom stereocenters. The van der Waals surface area contributed by atoms with E-state index in [1.807, 2.05) is 50.3 Å². The zero-order valence-electron chi connectivity index (χ0n) is 23.2. The summed E-state index contributed by atoms with van der Waals surface area (Å²) < 4.78 is 25.1. The molecule has 2 aromatic carbocycles. The maximum Gasteiger partial charge on any atom is 0.313 e. The Morgan fingerprint density at radius 1 is 1.29 bits per heavy atom. The van der Waals surface area contributed by atoms with Crippen molar-refractivity contribution >= 4 is 39.8 Å². The van der Waals surface area contributed by atoms with Crippen LogP contribution in [0.25, 0.3) is 22.2 Å². The number of para-hydroxylation sites is 1. The minimum absolute atomic E-state index is 0.0676. The van der Waals surface area contributed by atoms with E-state index in [2.05, 4.69) is 19.9 Å². The second kappa shape index (κ2) is 12.2. The van der Waals surface area contributed by atoms with Crippen molar-refractivity contribution in [3.05, 3.63) is 57.9 Å². The number of anilines is 2. The van der Waals surface area contributed by atoms with Crippen LogP contribution in [0.1, 0.15) is 6.92 Å². The summed E-state index contributed by atoms with van der Waals surface area (Å²) in [5, 5.41) is 16.4. The van der Waals surface area contributed by atoms with Crippen LogP contribution in [0.2, 0.25) is 5.02 Å². The first-order chi connectivity index (χ1) is 19.8. The van der Waals surface area contributed by atoms with Crippen molar-refractivity contribution in [2.24, 2.45) is 0 Å². The lowest BCUT2D eigenvalue weighted by molar-refractivity contribution is -0.386. The van der Waals surface area contributed by atoms with Crippen LogP contribution in [-0.4, -0.2) is 78.0 Å². The normalized spacial score (nSPS) is 13.2. The second-order valence-electron chi connectivity index (χ2n) is 9.69. The maximum absolute atomic E-state index is 12.1. The maximum atomic E-state index is 12.1. The largest absolute Gasteiger partial charge is 0.494 e. The van der Waals surface area contributed by atoms with Crippen LogP contribution in [0.4, 0.5) is 17.3 Å². The number of likely N-dealkylation sites (N-methyl/N-ethyl adjacent to an activating group) is 1. The molecule has 13 heteroatoms. The Labute approximate surface area is 241 Å². The van der Waals surface area contributed by atoms with Gasteiger partial charge in [0.2, 0.25) is 11.7 Å². The lowest BCUT2D eigenvalue weighted by atomic mass is 10.1. The van der Waals surface area contributed by atoms with Gasteiger partial charge in [-0.2, -0.15) is 0 Å². The number of aromatic nitrogens is 3. The summed E-state index contributed by atoms with van der Waals surface area (Å²) in [5.74, 6) is 1.38. The van der Waals surface area contributed by atoms with Gasteiger partial charge in [-0.05, 0) is 27.1 Å². The molecule has 0 spiro atoms. The molecular weight excluding hydrogens is 552 g/mol. The van der Waals surface area contributed by atoms with Gasteiger partial charge in [0.05, 0.1) is 53.3 Å². The molecule has 0 bridgehead atoms. The number of nitrogens with zero attached hydrogens (tertiary/aromatic N) is 5. The molecule has 0 aliphatic carbocycles. The van der Waals surface area contributed by atoms with Gasteiger partial charge >= 0.3 is 5.69 Å². The van der Waals surface area contributed by atoms with Gasteiger partial charge in [-0.1, -0.05) is 23.7 Å². The Balaban J connectivity index is 1.49. The Bertz CT molecular complexity index is 1580. The molecule has 0 saturated carbocycles. The van der Waals surface area contributed by atoms with Crippen LogP contribution in [0.3, 0.4) is 0 Å². The highest BCUT2D eigenvalue weighted by Crippen LogP contribution is 2.41. The number of rotatable bonds is 12. The molecule has 0 saturated heterocycles. The highest BCUT2D eigenvalue weighted by Gasteiger charge is 2.25. The average molecular weight is 583 g/mol. The van der Waals surface area contributed by atoms with Crippen LogP contribution in [0.15, 0.2) is 42.7 Å². The molecule has 4 aromatic rings. The van der Waals surface area contributed by atoms with Crippen LogP contribution in [0.5, 0.6) is 17.2 Å². The second-order valence-corrected chi connectivity index (χ2v) is 10.1. The molecule has 0 fully saturated rings. The summed E-state index contributed by atoms with van der Waals surface area (Å²) in [6.45, 7) is 4.44. The standard InChI is InChI=1S/C28H31ClN6O6/c1-5-39-16-17(14-33(2)3)41-25-12-24(38-4)21(11-22(25)35(36)37)31-28-30-13-20(29)26(32-28)19-15-34-9-10-40-23-8-6-7-18(19)27(23)34/h6-8,11-13,15,17H,5,9-10,14,16H2,1-4H3,(H,30,31,32)/t17-/m0/s1. The summed E-state index contributed by atoms with van der Waals surface area (Å²) in [6, 6.07) is 8.68. The van der Waals surface area contributed by atoms with E-state index < -0.39 is 11.0 Å². The lowest BCUT2D eigenvalue weighted by Gasteiger charge is -2.23. The number of hydrogen-bond donors (Lipinski definition) is 1. The van der Waals surface area contributed by atoms with Crippen molar-refractivity contribution in [3.63, 3.8) is 0 Å². The molecule has 41 heavy (non-hydrogen) atoms. The van der Waals surface area contributed by atoms with Crippen molar-refractivity contribution < 1.29 is 23.9 Å². The third-order valence-electron chi connectivity index (χ3n) is 6.54. The van der Waals surface area contributed by atoms with E-state index in [1.54, 1.807) is 0 Å². The van der Waals surface area contributed by atoms with Crippen molar-refractivity contribution in [1.82, 2.24) is 19.4 Å². The van der Waals surface area contributed by atoms with Gasteiger partial charge in [-0.3, -0.25) is 10.1 Å². The lowest BCUT2D eigenvalue weighted by Crippen LogP contribution is -2.34. The minimum Gasteiger partial charge on any atom is -0.494 e. The summed E-state index contributed by atoms with van der Waals surface area (Å²) in [6.07, 6.45) is 3.06. The Hall–Kier alpha value is -4.13. The molecule has 5 rings (SSSR count). The number of nitro benzene ring substituents is 1. The third-order valence-corrected chi connectivity index (χ3v) is 6.82. The van der Waals surface area contributed by atoms with Crippen molar-refractivity contribution in [3.8, 4) is 28.5 Å². The number of methoxy groups -OCH3 is 1. The summed E-state index contributed by atoms with van der Waals surface area (Å²) in [4.78, 5) is 22.5. The van der Waals surface area contributed by atoms with Gasteiger partial charge in [-0.25, -0.2) is 9.97 Å². The van der Waals surface area contributed by atoms with Crippen LogP contribution < -0.4 is 19.5 Å². The molecule has 0 amide bonds. The van der Waals surface area contributed by atoms with E-state index in [9.17, 15) is 10.1 Å². The molecule has 1 aliphatic heterocycles. The molecule has 1 aliphatic rings. The molecule has 12 nitrogen and oxygen atoms in total. The SMILES string of the molecule is CCOC[C@H](CN(C)C)Oc1cc(OC)c(Nc2ncc(Cl)c(-c3cn4c5c(cccc35)OCC4)n2)cc1[N+](=O)[O-]. The summed E-state index contributed by atoms with van der Waals surface area (Å²) in [7, 11) is 5.25. The first kappa shape index (κ1) is 28.4. The molecule has 0 radical (unpaired) electrons. The highest BCUT2D eigenvalue weighted by atomic mass is 35.5. The van der Waals surface area contributed by atoms with E-state index in [0.717, 1.165) is 22.2 Å². The Kier molecular flexibility index (Phi) is 8.43. The first-order valence-electron chi connectivity index (χ1n) is 13.1. The number of benzene rings is 2. The molecule has 216 valence electrons. The average Bonchev–Trinajstić information content (AvgIpc) is 3.33. The zero-order valence-corrected chi connectivity index (χ0v) is 24.0. The van der Waals surface area contributed by atoms with E-state index in [1.165, 1.54) is 25.4 Å². The van der Waals surface area contributed by atoms with Crippen molar-refractivity contribution in [1.29, 1.82) is 0 Å². The van der Waals surface area contributed by atoms with E-state index in [4.69, 9.17) is 30.5 Å². The first-order valence-corrected chi connectivity index (χ1v) is 13.5. The van der Waals surface area contributed by atoms with Crippen molar-refractivity contribution in [2.75, 3.05) is 52.9 Å². The number of halogens is 1. The van der Waals surface area contributed by atoms with Gasteiger partial charge < -0.3 is 33.7 Å². The summed E-state index contributed by atoms with van der Waals surface area (Å²) >= 11 is 6.57. The van der Waals surface area contributed by atoms with E-state index in [-0.39, 0.29) is 24.0 Å². The van der Waals surface area contributed by atoms with Gasteiger partial charge in [0.25, 0.3) is 0 Å². The molecule has 2 aromatic heterocycles. The summed E-state index contributed by atoms with van der Waals surface area (Å²) in [5.41, 5.74) is 2.37. The Morgan fingerprint density at radius 3 is 2.85 bits per heavy atom. The molecular formula is C28H31ClN6O6. The van der Waals surface area contributed by atoms with Crippen LogP contribution in [-0.2, 0) is 11.3 Å². The van der Waals surface area contributed by atoms with Gasteiger partial charge in [-0.15, -0.1) is 0 Å². The van der Waals surface area contributed by atoms with E-state index in [0.29, 0.717) is 48.5 Å². The number of hydrogen-bond acceptors (Lipinski definition) is 10. The fraction of sp³-hybridized carbons (Fsp3) is 0.357. The number of nitro groups is 1. The number of ether oxygens (including phenoxy) is 4.